The summed E-state index contributed by atoms with van der Waals surface area (Å²) in [6, 6.07) is 6.44. The summed E-state index contributed by atoms with van der Waals surface area (Å²) in [5.74, 6) is 0.562. The van der Waals surface area contributed by atoms with Gasteiger partial charge in [-0.25, -0.2) is 4.79 Å². The van der Waals surface area contributed by atoms with Gasteiger partial charge in [-0.05, 0) is 70.2 Å². The summed E-state index contributed by atoms with van der Waals surface area (Å²) in [7, 11) is 0. The van der Waals surface area contributed by atoms with E-state index in [1.54, 1.807) is 0 Å². The summed E-state index contributed by atoms with van der Waals surface area (Å²) in [6.07, 6.45) is 1.97. The number of amides is 1. The third kappa shape index (κ3) is 6.10. The SMILES string of the molecule is Cc1ccc(CNCCC2CCN(C(=O)OC(C)(C)C)C2)c(Br)c1. The van der Waals surface area contributed by atoms with Gasteiger partial charge in [-0.2, -0.15) is 0 Å². The number of carbonyl (C=O) groups is 1. The number of ether oxygens (including phenoxy) is 1. The second-order valence-electron chi connectivity index (χ2n) is 7.64. The van der Waals surface area contributed by atoms with E-state index in [4.69, 9.17) is 4.74 Å². The van der Waals surface area contributed by atoms with Crippen molar-refractivity contribution >= 4 is 22.0 Å². The van der Waals surface area contributed by atoms with E-state index in [2.05, 4.69) is 46.4 Å². The van der Waals surface area contributed by atoms with Crippen LogP contribution >= 0.6 is 15.9 Å². The maximum atomic E-state index is 12.1. The topological polar surface area (TPSA) is 41.6 Å². The Hall–Kier alpha value is -1.07. The second kappa shape index (κ2) is 8.34. The van der Waals surface area contributed by atoms with Crippen LogP contribution in [0.25, 0.3) is 0 Å². The average Bonchev–Trinajstić information content (AvgIpc) is 2.92. The normalized spacial score (nSPS) is 18.0. The molecule has 1 saturated heterocycles. The number of halogens is 1. The number of benzene rings is 1. The lowest BCUT2D eigenvalue weighted by Crippen LogP contribution is -2.35. The zero-order chi connectivity index (χ0) is 17.7. The van der Waals surface area contributed by atoms with Crippen molar-refractivity contribution in [2.24, 2.45) is 5.92 Å². The van der Waals surface area contributed by atoms with Crippen molar-refractivity contribution < 1.29 is 9.53 Å². The lowest BCUT2D eigenvalue weighted by Gasteiger charge is -2.24. The van der Waals surface area contributed by atoms with Crippen LogP contribution in [0.1, 0.15) is 44.7 Å². The van der Waals surface area contributed by atoms with Crippen molar-refractivity contribution in [1.29, 1.82) is 0 Å². The van der Waals surface area contributed by atoms with Gasteiger partial charge in [0, 0.05) is 24.1 Å². The lowest BCUT2D eigenvalue weighted by atomic mass is 10.1. The Morgan fingerprint density at radius 3 is 2.83 bits per heavy atom. The summed E-state index contributed by atoms with van der Waals surface area (Å²) < 4.78 is 6.60. The molecular formula is C19H29BrN2O2. The highest BCUT2D eigenvalue weighted by Gasteiger charge is 2.29. The van der Waals surface area contributed by atoms with Crippen LogP contribution in [0.2, 0.25) is 0 Å². The van der Waals surface area contributed by atoms with Gasteiger partial charge in [0.15, 0.2) is 0 Å². The molecule has 2 rings (SSSR count). The van der Waals surface area contributed by atoms with E-state index in [1.165, 1.54) is 11.1 Å². The molecule has 1 aromatic carbocycles. The number of nitrogens with zero attached hydrogens (tertiary/aromatic N) is 1. The van der Waals surface area contributed by atoms with Gasteiger partial charge in [-0.3, -0.25) is 0 Å². The fourth-order valence-corrected chi connectivity index (χ4v) is 3.52. The Labute approximate surface area is 154 Å². The van der Waals surface area contributed by atoms with E-state index in [0.29, 0.717) is 5.92 Å². The Morgan fingerprint density at radius 1 is 1.42 bits per heavy atom. The number of hydrogen-bond donors (Lipinski definition) is 1. The average molecular weight is 397 g/mol. The highest BCUT2D eigenvalue weighted by Crippen LogP contribution is 2.22. The summed E-state index contributed by atoms with van der Waals surface area (Å²) in [5.41, 5.74) is 2.12. The largest absolute Gasteiger partial charge is 0.444 e. The van der Waals surface area contributed by atoms with Crippen LogP contribution in [0.15, 0.2) is 22.7 Å². The summed E-state index contributed by atoms with van der Waals surface area (Å²) in [6.45, 7) is 11.3. The number of rotatable bonds is 5. The van der Waals surface area contributed by atoms with E-state index in [-0.39, 0.29) is 6.09 Å². The van der Waals surface area contributed by atoms with Gasteiger partial charge < -0.3 is 15.0 Å². The molecule has 0 aliphatic carbocycles. The van der Waals surface area contributed by atoms with Gasteiger partial charge in [0.25, 0.3) is 0 Å². The molecule has 1 atom stereocenters. The maximum absolute atomic E-state index is 12.1. The monoisotopic (exact) mass is 396 g/mol. The number of nitrogens with one attached hydrogen (secondary N) is 1. The fourth-order valence-electron chi connectivity index (χ4n) is 2.89. The zero-order valence-corrected chi connectivity index (χ0v) is 16.8. The van der Waals surface area contributed by atoms with Crippen molar-refractivity contribution in [3.05, 3.63) is 33.8 Å². The van der Waals surface area contributed by atoms with Crippen LogP contribution < -0.4 is 5.32 Å². The number of carbonyl (C=O) groups excluding carboxylic acids is 1. The molecule has 1 N–H and O–H groups in total. The van der Waals surface area contributed by atoms with Gasteiger partial charge in [0.05, 0.1) is 0 Å². The van der Waals surface area contributed by atoms with Crippen molar-refractivity contribution in [1.82, 2.24) is 10.2 Å². The summed E-state index contributed by atoms with van der Waals surface area (Å²) >= 11 is 3.62. The van der Waals surface area contributed by atoms with E-state index in [9.17, 15) is 4.79 Å². The Balaban J connectivity index is 1.68. The molecule has 5 heteroatoms. The van der Waals surface area contributed by atoms with E-state index < -0.39 is 5.60 Å². The minimum atomic E-state index is -0.419. The molecule has 0 bridgehead atoms. The van der Waals surface area contributed by atoms with E-state index in [0.717, 1.165) is 43.5 Å². The van der Waals surface area contributed by atoms with Crippen LogP contribution in [0, 0.1) is 12.8 Å². The Bertz CT molecular complexity index is 569. The summed E-state index contributed by atoms with van der Waals surface area (Å²) in [4.78, 5) is 13.9. The van der Waals surface area contributed by atoms with E-state index in [1.807, 2.05) is 25.7 Å². The minimum Gasteiger partial charge on any atom is -0.444 e. The van der Waals surface area contributed by atoms with Gasteiger partial charge in [0.1, 0.15) is 5.60 Å². The molecule has 1 aliphatic heterocycles. The second-order valence-corrected chi connectivity index (χ2v) is 8.50. The quantitative estimate of drug-likeness (QED) is 0.745. The van der Waals surface area contributed by atoms with Crippen LogP contribution in [0.5, 0.6) is 0 Å². The molecule has 0 aromatic heterocycles. The van der Waals surface area contributed by atoms with Crippen molar-refractivity contribution in [2.45, 2.75) is 52.7 Å². The van der Waals surface area contributed by atoms with Gasteiger partial charge in [0.2, 0.25) is 0 Å². The molecule has 134 valence electrons. The lowest BCUT2D eigenvalue weighted by molar-refractivity contribution is 0.0287. The van der Waals surface area contributed by atoms with Crippen molar-refractivity contribution in [3.63, 3.8) is 0 Å². The van der Waals surface area contributed by atoms with E-state index >= 15 is 0 Å². The molecule has 1 aromatic rings. The molecule has 4 nitrogen and oxygen atoms in total. The molecule has 1 heterocycles. The fraction of sp³-hybridized carbons (Fsp3) is 0.632. The van der Waals surface area contributed by atoms with Crippen LogP contribution in [-0.4, -0.2) is 36.2 Å². The molecule has 0 radical (unpaired) electrons. The van der Waals surface area contributed by atoms with Crippen LogP contribution in [0.4, 0.5) is 4.79 Å². The van der Waals surface area contributed by atoms with Gasteiger partial charge >= 0.3 is 6.09 Å². The van der Waals surface area contributed by atoms with Gasteiger partial charge in [-0.15, -0.1) is 0 Å². The molecule has 1 fully saturated rings. The first-order valence-electron chi connectivity index (χ1n) is 8.68. The van der Waals surface area contributed by atoms with Crippen LogP contribution in [-0.2, 0) is 11.3 Å². The standard InChI is InChI=1S/C19H29BrN2O2/c1-14-5-6-16(17(20)11-14)12-21-9-7-15-8-10-22(13-15)18(23)24-19(2,3)4/h5-6,11,15,21H,7-10,12-13H2,1-4H3. The summed E-state index contributed by atoms with van der Waals surface area (Å²) in [5, 5.41) is 3.51. The van der Waals surface area contributed by atoms with Gasteiger partial charge in [-0.1, -0.05) is 28.1 Å². The van der Waals surface area contributed by atoms with Crippen LogP contribution in [0.3, 0.4) is 0 Å². The molecule has 24 heavy (non-hydrogen) atoms. The minimum absolute atomic E-state index is 0.179. The predicted octanol–water partition coefficient (Wildman–Crippen LogP) is 4.49. The third-order valence-corrected chi connectivity index (χ3v) is 4.93. The maximum Gasteiger partial charge on any atom is 0.410 e. The number of aryl methyl sites for hydroxylation is 1. The smallest absolute Gasteiger partial charge is 0.410 e. The number of likely N-dealkylation sites (tertiary alicyclic amines) is 1. The first-order chi connectivity index (χ1) is 11.2. The molecular weight excluding hydrogens is 368 g/mol. The molecule has 0 spiro atoms. The Morgan fingerprint density at radius 2 is 2.17 bits per heavy atom. The highest BCUT2D eigenvalue weighted by molar-refractivity contribution is 9.10. The molecule has 1 amide bonds. The molecule has 1 unspecified atom stereocenters. The first-order valence-corrected chi connectivity index (χ1v) is 9.47. The number of hydrogen-bond acceptors (Lipinski definition) is 3. The predicted molar refractivity (Wildman–Crippen MR) is 101 cm³/mol. The highest BCUT2D eigenvalue weighted by atomic mass is 79.9. The molecule has 0 saturated carbocycles. The zero-order valence-electron chi connectivity index (χ0n) is 15.2. The van der Waals surface area contributed by atoms with Crippen molar-refractivity contribution in [2.75, 3.05) is 19.6 Å². The van der Waals surface area contributed by atoms with Crippen molar-refractivity contribution in [3.8, 4) is 0 Å². The molecule has 1 aliphatic rings. The Kier molecular flexibility index (Phi) is 6.70. The first kappa shape index (κ1) is 19.3. The third-order valence-electron chi connectivity index (χ3n) is 4.19.